The fourth-order valence-electron chi connectivity index (χ4n) is 3.47. The van der Waals surface area contributed by atoms with Crippen molar-refractivity contribution in [3.8, 4) is 0 Å². The molecule has 0 amide bonds. The number of benzene rings is 1. The molecular weight excluding hydrogens is 326 g/mol. The van der Waals surface area contributed by atoms with E-state index >= 15 is 0 Å². The van der Waals surface area contributed by atoms with Crippen molar-refractivity contribution in [1.29, 1.82) is 0 Å². The van der Waals surface area contributed by atoms with Gasteiger partial charge in [-0.05, 0) is 50.1 Å². The highest BCUT2D eigenvalue weighted by atomic mass is 16.1. The van der Waals surface area contributed by atoms with Crippen LogP contribution in [0.2, 0.25) is 0 Å². The maximum atomic E-state index is 12.1. The number of nitrogens with zero attached hydrogens (tertiary/aromatic N) is 4. The van der Waals surface area contributed by atoms with Gasteiger partial charge in [0.2, 0.25) is 0 Å². The van der Waals surface area contributed by atoms with Gasteiger partial charge in [0.15, 0.2) is 5.82 Å². The molecule has 3 aromatic heterocycles. The molecule has 1 aliphatic carbocycles. The lowest BCUT2D eigenvalue weighted by Gasteiger charge is -2.10. The highest BCUT2D eigenvalue weighted by Crippen LogP contribution is 2.40. The zero-order valence-electron chi connectivity index (χ0n) is 14.7. The smallest absolute Gasteiger partial charge is 0.253 e. The Hall–Kier alpha value is -3.15. The number of aryl methyl sites for hydroxylation is 2. The maximum absolute atomic E-state index is 12.1. The van der Waals surface area contributed by atoms with Gasteiger partial charge in [-0.2, -0.15) is 5.10 Å². The summed E-state index contributed by atoms with van der Waals surface area (Å²) in [4.78, 5) is 16.6. The number of fused-ring (bicyclic) bond motifs is 2. The molecule has 1 N–H and O–H groups in total. The Bertz CT molecular complexity index is 1220. The average Bonchev–Trinajstić information content (AvgIpc) is 3.39. The van der Waals surface area contributed by atoms with Crippen LogP contribution >= 0.6 is 0 Å². The summed E-state index contributed by atoms with van der Waals surface area (Å²) < 4.78 is 3.57. The van der Waals surface area contributed by atoms with E-state index in [1.165, 1.54) is 12.8 Å². The maximum Gasteiger partial charge on any atom is 0.253 e. The fourth-order valence-corrected chi connectivity index (χ4v) is 3.47. The van der Waals surface area contributed by atoms with E-state index in [2.05, 4.69) is 21.5 Å². The Kier molecular flexibility index (Phi) is 3.16. The van der Waals surface area contributed by atoms with E-state index in [0.29, 0.717) is 5.92 Å². The zero-order valence-corrected chi connectivity index (χ0v) is 14.7. The molecule has 0 saturated heterocycles. The number of rotatable bonds is 3. The van der Waals surface area contributed by atoms with Crippen LogP contribution in [-0.4, -0.2) is 19.2 Å². The summed E-state index contributed by atoms with van der Waals surface area (Å²) >= 11 is 0. The summed E-state index contributed by atoms with van der Waals surface area (Å²) in [5.74, 6) is 1.39. The first kappa shape index (κ1) is 15.1. The van der Waals surface area contributed by atoms with Gasteiger partial charge in [0.1, 0.15) is 5.52 Å². The molecule has 0 radical (unpaired) electrons. The molecule has 6 nitrogen and oxygen atoms in total. The molecule has 1 aliphatic rings. The van der Waals surface area contributed by atoms with Gasteiger partial charge in [-0.15, -0.1) is 0 Å². The first-order chi connectivity index (χ1) is 12.6. The topological polar surface area (TPSA) is 64.2 Å². The van der Waals surface area contributed by atoms with Crippen molar-refractivity contribution in [3.05, 3.63) is 64.3 Å². The lowest BCUT2D eigenvalue weighted by molar-refractivity contribution is 0.885. The normalized spacial score (nSPS) is 14.2. The van der Waals surface area contributed by atoms with E-state index < -0.39 is 0 Å². The molecule has 3 heterocycles. The quantitative estimate of drug-likeness (QED) is 0.617. The first-order valence-electron chi connectivity index (χ1n) is 8.82. The first-order valence-corrected chi connectivity index (χ1v) is 8.82. The van der Waals surface area contributed by atoms with E-state index in [-0.39, 0.29) is 5.56 Å². The summed E-state index contributed by atoms with van der Waals surface area (Å²) in [7, 11) is 1.80. The second-order valence-electron chi connectivity index (χ2n) is 7.04. The van der Waals surface area contributed by atoms with Crippen molar-refractivity contribution >= 4 is 27.9 Å². The molecule has 1 aromatic carbocycles. The minimum absolute atomic E-state index is 0.0384. The van der Waals surface area contributed by atoms with Crippen LogP contribution in [0.3, 0.4) is 0 Å². The van der Waals surface area contributed by atoms with Gasteiger partial charge in [0, 0.05) is 42.0 Å². The standard InChI is InChI=1S/C20H19N5O/c1-12-9-14-10-15(5-6-17(14)24(2)20(12)26)22-19-18-11-16(13-3-4-13)23-25(18)8-7-21-19/h5-11,13H,3-4H2,1-2H3,(H,21,22). The zero-order chi connectivity index (χ0) is 17.8. The molecule has 130 valence electrons. The molecule has 0 atom stereocenters. The second kappa shape index (κ2) is 5.42. The van der Waals surface area contributed by atoms with Crippen molar-refractivity contribution in [3.63, 3.8) is 0 Å². The highest BCUT2D eigenvalue weighted by Gasteiger charge is 2.26. The van der Waals surface area contributed by atoms with Crippen LogP contribution in [0, 0.1) is 6.92 Å². The number of anilines is 2. The molecule has 1 fully saturated rings. The van der Waals surface area contributed by atoms with E-state index in [0.717, 1.165) is 39.2 Å². The Labute approximate surface area is 150 Å². The van der Waals surface area contributed by atoms with Crippen molar-refractivity contribution in [2.24, 2.45) is 7.05 Å². The molecule has 0 spiro atoms. The van der Waals surface area contributed by atoms with Crippen LogP contribution in [0.25, 0.3) is 16.4 Å². The summed E-state index contributed by atoms with van der Waals surface area (Å²) in [5.41, 5.74) is 4.75. The highest BCUT2D eigenvalue weighted by molar-refractivity contribution is 5.85. The van der Waals surface area contributed by atoms with Gasteiger partial charge in [0.25, 0.3) is 5.56 Å². The summed E-state index contributed by atoms with van der Waals surface area (Å²) in [6.45, 7) is 1.84. The van der Waals surface area contributed by atoms with Crippen LogP contribution in [0.15, 0.2) is 47.5 Å². The monoisotopic (exact) mass is 345 g/mol. The van der Waals surface area contributed by atoms with Gasteiger partial charge in [0.05, 0.1) is 11.2 Å². The van der Waals surface area contributed by atoms with Gasteiger partial charge in [-0.1, -0.05) is 0 Å². The predicted molar refractivity (Wildman–Crippen MR) is 102 cm³/mol. The minimum Gasteiger partial charge on any atom is -0.338 e. The summed E-state index contributed by atoms with van der Waals surface area (Å²) in [6, 6.07) is 10.0. The molecule has 0 aliphatic heterocycles. The van der Waals surface area contributed by atoms with Crippen LogP contribution in [-0.2, 0) is 7.05 Å². The molecule has 4 aromatic rings. The predicted octanol–water partition coefficient (Wildman–Crippen LogP) is 3.51. The molecule has 26 heavy (non-hydrogen) atoms. The lowest BCUT2D eigenvalue weighted by atomic mass is 10.1. The number of hydrogen-bond donors (Lipinski definition) is 1. The van der Waals surface area contributed by atoms with Crippen molar-refractivity contribution < 1.29 is 0 Å². The van der Waals surface area contributed by atoms with E-state index in [9.17, 15) is 4.79 Å². The average molecular weight is 345 g/mol. The number of nitrogens with one attached hydrogen (secondary N) is 1. The minimum atomic E-state index is 0.0384. The van der Waals surface area contributed by atoms with Crippen LogP contribution in [0.5, 0.6) is 0 Å². The Morgan fingerprint density at radius 3 is 2.81 bits per heavy atom. The third kappa shape index (κ3) is 2.37. The van der Waals surface area contributed by atoms with Crippen molar-refractivity contribution in [2.45, 2.75) is 25.7 Å². The number of pyridine rings is 1. The second-order valence-corrected chi connectivity index (χ2v) is 7.04. The summed E-state index contributed by atoms with van der Waals surface area (Å²) in [6.07, 6.45) is 6.09. The van der Waals surface area contributed by atoms with Crippen LogP contribution in [0.4, 0.5) is 11.5 Å². The van der Waals surface area contributed by atoms with Gasteiger partial charge >= 0.3 is 0 Å². The van der Waals surface area contributed by atoms with Crippen LogP contribution < -0.4 is 10.9 Å². The SMILES string of the molecule is Cc1cc2cc(Nc3nccn4nc(C5CC5)cc34)ccc2n(C)c1=O. The number of hydrogen-bond acceptors (Lipinski definition) is 4. The fraction of sp³-hybridized carbons (Fsp3) is 0.250. The van der Waals surface area contributed by atoms with Gasteiger partial charge in [-0.3, -0.25) is 4.79 Å². The molecule has 1 saturated carbocycles. The molecule has 5 rings (SSSR count). The molecule has 0 bridgehead atoms. The lowest BCUT2D eigenvalue weighted by Crippen LogP contribution is -2.19. The van der Waals surface area contributed by atoms with Crippen molar-refractivity contribution in [1.82, 2.24) is 19.2 Å². The Morgan fingerprint density at radius 2 is 2.00 bits per heavy atom. The molecule has 0 unspecified atom stereocenters. The van der Waals surface area contributed by atoms with Crippen LogP contribution in [0.1, 0.15) is 30.0 Å². The third-order valence-electron chi connectivity index (χ3n) is 5.07. The van der Waals surface area contributed by atoms with E-state index in [1.807, 2.05) is 41.9 Å². The van der Waals surface area contributed by atoms with E-state index in [1.54, 1.807) is 17.8 Å². The molecule has 6 heteroatoms. The van der Waals surface area contributed by atoms with E-state index in [4.69, 9.17) is 0 Å². The largest absolute Gasteiger partial charge is 0.338 e. The Balaban J connectivity index is 1.58. The van der Waals surface area contributed by atoms with Crippen molar-refractivity contribution in [2.75, 3.05) is 5.32 Å². The Morgan fingerprint density at radius 1 is 1.15 bits per heavy atom. The molecular formula is C20H19N5O. The summed E-state index contributed by atoms with van der Waals surface area (Å²) in [5, 5.41) is 9.09. The van der Waals surface area contributed by atoms with Gasteiger partial charge < -0.3 is 9.88 Å². The third-order valence-corrected chi connectivity index (χ3v) is 5.07. The van der Waals surface area contributed by atoms with Gasteiger partial charge in [-0.25, -0.2) is 9.50 Å². The number of aromatic nitrogens is 4.